The highest BCUT2D eigenvalue weighted by molar-refractivity contribution is 5.94. The maximum absolute atomic E-state index is 12.6. The Hall–Kier alpha value is -2.37. The van der Waals surface area contributed by atoms with Crippen molar-refractivity contribution in [2.45, 2.75) is 52.1 Å². The highest BCUT2D eigenvalue weighted by Crippen LogP contribution is 2.25. The second-order valence-electron chi connectivity index (χ2n) is 7.76. The smallest absolute Gasteiger partial charge is 0.266 e. The van der Waals surface area contributed by atoms with Crippen LogP contribution in [0, 0.1) is 11.8 Å². The van der Waals surface area contributed by atoms with E-state index in [1.165, 1.54) is 0 Å². The lowest BCUT2D eigenvalue weighted by molar-refractivity contribution is -0.143. The van der Waals surface area contributed by atoms with E-state index in [2.05, 4.69) is 24.3 Å². The summed E-state index contributed by atoms with van der Waals surface area (Å²) in [7, 11) is 0. The van der Waals surface area contributed by atoms with Crippen LogP contribution in [0.1, 0.15) is 46.0 Å². The summed E-state index contributed by atoms with van der Waals surface area (Å²) in [5.41, 5.74) is 1.80. The average molecular weight is 371 g/mol. The summed E-state index contributed by atoms with van der Waals surface area (Å²) in [5.74, 6) is 0.908. The SMILES string of the molecule is CC(C)C1=NOC(C(=O)N2CCC(CCC(=O)Nc3ccccc3)CC2)C1. The van der Waals surface area contributed by atoms with Gasteiger partial charge in [-0.2, -0.15) is 0 Å². The highest BCUT2D eigenvalue weighted by atomic mass is 16.6. The molecule has 2 aliphatic rings. The zero-order valence-corrected chi connectivity index (χ0v) is 16.2. The average Bonchev–Trinajstić information content (AvgIpc) is 3.18. The van der Waals surface area contributed by atoms with Crippen molar-refractivity contribution in [2.75, 3.05) is 18.4 Å². The number of carbonyl (C=O) groups excluding carboxylic acids is 2. The third kappa shape index (κ3) is 5.31. The van der Waals surface area contributed by atoms with Crippen molar-refractivity contribution in [3.8, 4) is 0 Å². The number of likely N-dealkylation sites (tertiary alicyclic amines) is 1. The highest BCUT2D eigenvalue weighted by Gasteiger charge is 2.34. The topological polar surface area (TPSA) is 71.0 Å². The molecule has 0 spiro atoms. The molecule has 1 aromatic carbocycles. The summed E-state index contributed by atoms with van der Waals surface area (Å²) in [5, 5.41) is 6.98. The summed E-state index contributed by atoms with van der Waals surface area (Å²) in [6.07, 6.45) is 3.42. The number of anilines is 1. The quantitative estimate of drug-likeness (QED) is 0.833. The molecular formula is C21H29N3O3. The van der Waals surface area contributed by atoms with Crippen LogP contribution < -0.4 is 5.32 Å². The Bertz CT molecular complexity index is 679. The number of para-hydroxylation sites is 1. The first-order chi connectivity index (χ1) is 13.0. The van der Waals surface area contributed by atoms with E-state index < -0.39 is 6.10 Å². The second kappa shape index (κ2) is 9.02. The number of nitrogens with one attached hydrogen (secondary N) is 1. The minimum absolute atomic E-state index is 0.0506. The molecule has 2 heterocycles. The van der Waals surface area contributed by atoms with Crippen LogP contribution in [0.3, 0.4) is 0 Å². The van der Waals surface area contributed by atoms with Gasteiger partial charge in [0.15, 0.2) is 0 Å². The molecular weight excluding hydrogens is 342 g/mol. The van der Waals surface area contributed by atoms with Crippen LogP contribution in [0.2, 0.25) is 0 Å². The van der Waals surface area contributed by atoms with Gasteiger partial charge in [0.25, 0.3) is 5.91 Å². The van der Waals surface area contributed by atoms with Crippen LogP contribution in [0.4, 0.5) is 5.69 Å². The Morgan fingerprint density at radius 3 is 2.56 bits per heavy atom. The number of nitrogens with zero attached hydrogens (tertiary/aromatic N) is 2. The lowest BCUT2D eigenvalue weighted by Gasteiger charge is -2.33. The third-order valence-electron chi connectivity index (χ3n) is 5.40. The lowest BCUT2D eigenvalue weighted by atomic mass is 9.91. The lowest BCUT2D eigenvalue weighted by Crippen LogP contribution is -2.44. The number of hydrogen-bond donors (Lipinski definition) is 1. The van der Waals surface area contributed by atoms with Crippen molar-refractivity contribution in [1.82, 2.24) is 4.90 Å². The second-order valence-corrected chi connectivity index (χ2v) is 7.76. The van der Waals surface area contributed by atoms with E-state index >= 15 is 0 Å². The van der Waals surface area contributed by atoms with Gasteiger partial charge in [-0.3, -0.25) is 9.59 Å². The molecule has 0 aromatic heterocycles. The van der Waals surface area contributed by atoms with Crippen molar-refractivity contribution in [2.24, 2.45) is 17.0 Å². The van der Waals surface area contributed by atoms with Gasteiger partial charge in [0, 0.05) is 31.6 Å². The van der Waals surface area contributed by atoms with Gasteiger partial charge in [-0.25, -0.2) is 0 Å². The van der Waals surface area contributed by atoms with E-state index in [9.17, 15) is 9.59 Å². The molecule has 0 aliphatic carbocycles. The molecule has 6 heteroatoms. The maximum atomic E-state index is 12.6. The number of oxime groups is 1. The first-order valence-corrected chi connectivity index (χ1v) is 9.89. The van der Waals surface area contributed by atoms with Crippen LogP contribution in [-0.4, -0.2) is 41.6 Å². The number of amides is 2. The minimum Gasteiger partial charge on any atom is -0.382 e. The largest absolute Gasteiger partial charge is 0.382 e. The van der Waals surface area contributed by atoms with Gasteiger partial charge in [-0.1, -0.05) is 37.2 Å². The van der Waals surface area contributed by atoms with Crippen molar-refractivity contribution in [3.63, 3.8) is 0 Å². The third-order valence-corrected chi connectivity index (χ3v) is 5.40. The summed E-state index contributed by atoms with van der Waals surface area (Å²) in [6, 6.07) is 9.53. The molecule has 6 nitrogen and oxygen atoms in total. The van der Waals surface area contributed by atoms with E-state index in [1.807, 2.05) is 35.2 Å². The fraction of sp³-hybridized carbons (Fsp3) is 0.571. The molecule has 2 amide bonds. The number of carbonyl (C=O) groups is 2. The van der Waals surface area contributed by atoms with Gasteiger partial charge in [0.2, 0.25) is 12.0 Å². The van der Waals surface area contributed by atoms with Gasteiger partial charge in [-0.05, 0) is 43.2 Å². The van der Waals surface area contributed by atoms with Crippen molar-refractivity contribution in [3.05, 3.63) is 30.3 Å². The van der Waals surface area contributed by atoms with Gasteiger partial charge >= 0.3 is 0 Å². The number of hydrogen-bond acceptors (Lipinski definition) is 4. The summed E-state index contributed by atoms with van der Waals surface area (Å²) in [4.78, 5) is 31.9. The fourth-order valence-electron chi connectivity index (χ4n) is 3.60. The minimum atomic E-state index is -0.449. The molecule has 0 saturated carbocycles. The number of piperidine rings is 1. The number of benzene rings is 1. The Balaban J connectivity index is 1.36. The van der Waals surface area contributed by atoms with E-state index in [-0.39, 0.29) is 11.8 Å². The van der Waals surface area contributed by atoms with Gasteiger partial charge < -0.3 is 15.1 Å². The van der Waals surface area contributed by atoms with Crippen LogP contribution in [0.25, 0.3) is 0 Å². The van der Waals surface area contributed by atoms with E-state index in [0.717, 1.165) is 43.8 Å². The molecule has 0 radical (unpaired) electrons. The Morgan fingerprint density at radius 2 is 1.93 bits per heavy atom. The molecule has 1 N–H and O–H groups in total. The first-order valence-electron chi connectivity index (χ1n) is 9.89. The Kier molecular flexibility index (Phi) is 6.48. The van der Waals surface area contributed by atoms with E-state index in [0.29, 0.717) is 24.7 Å². The fourth-order valence-corrected chi connectivity index (χ4v) is 3.60. The standard InChI is InChI=1S/C21H29N3O3/c1-15(2)18-14-19(27-23-18)21(26)24-12-10-16(11-13-24)8-9-20(25)22-17-6-4-3-5-7-17/h3-7,15-16,19H,8-14H2,1-2H3,(H,22,25). The van der Waals surface area contributed by atoms with Crippen LogP contribution in [0.15, 0.2) is 35.5 Å². The summed E-state index contributed by atoms with van der Waals surface area (Å²) >= 11 is 0. The summed E-state index contributed by atoms with van der Waals surface area (Å²) in [6.45, 7) is 5.60. The molecule has 3 rings (SSSR count). The molecule has 146 valence electrons. The van der Waals surface area contributed by atoms with E-state index in [4.69, 9.17) is 4.84 Å². The predicted octanol–water partition coefficient (Wildman–Crippen LogP) is 3.44. The van der Waals surface area contributed by atoms with E-state index in [1.54, 1.807) is 0 Å². The van der Waals surface area contributed by atoms with Gasteiger partial charge in [0.1, 0.15) is 0 Å². The predicted molar refractivity (Wildman–Crippen MR) is 105 cm³/mol. The molecule has 27 heavy (non-hydrogen) atoms. The van der Waals surface area contributed by atoms with Crippen LogP contribution in [0.5, 0.6) is 0 Å². The molecule has 0 bridgehead atoms. The molecule has 1 atom stereocenters. The molecule has 2 aliphatic heterocycles. The molecule has 1 aromatic rings. The van der Waals surface area contributed by atoms with Crippen molar-refractivity contribution in [1.29, 1.82) is 0 Å². The van der Waals surface area contributed by atoms with Crippen LogP contribution in [-0.2, 0) is 14.4 Å². The normalized spacial score (nSPS) is 20.3. The van der Waals surface area contributed by atoms with Crippen molar-refractivity contribution < 1.29 is 14.4 Å². The first kappa shape index (κ1) is 19.4. The molecule has 1 unspecified atom stereocenters. The van der Waals surface area contributed by atoms with Crippen LogP contribution >= 0.6 is 0 Å². The monoisotopic (exact) mass is 371 g/mol. The number of rotatable bonds is 6. The van der Waals surface area contributed by atoms with Gasteiger partial charge in [-0.15, -0.1) is 0 Å². The van der Waals surface area contributed by atoms with Crippen molar-refractivity contribution >= 4 is 23.2 Å². The Morgan fingerprint density at radius 1 is 1.22 bits per heavy atom. The van der Waals surface area contributed by atoms with Gasteiger partial charge in [0.05, 0.1) is 5.71 Å². The Labute approximate surface area is 160 Å². The zero-order chi connectivity index (χ0) is 19.2. The molecule has 1 fully saturated rings. The maximum Gasteiger partial charge on any atom is 0.266 e. The zero-order valence-electron chi connectivity index (χ0n) is 16.2. The molecule has 1 saturated heterocycles. The summed E-state index contributed by atoms with van der Waals surface area (Å²) < 4.78 is 0.